The van der Waals surface area contributed by atoms with Gasteiger partial charge in [-0.15, -0.1) is 0 Å². The molecule has 88 valence electrons. The number of benzene rings is 2. The number of rotatable bonds is 3. The summed E-state index contributed by atoms with van der Waals surface area (Å²) in [7, 11) is 0. The molecule has 0 fully saturated rings. The summed E-state index contributed by atoms with van der Waals surface area (Å²) in [6.07, 6.45) is 0.843. The van der Waals surface area contributed by atoms with E-state index >= 15 is 0 Å². The Hall–Kier alpha value is -1.12. The Balaban J connectivity index is 2.21. The Morgan fingerprint density at radius 3 is 2.18 bits per heavy atom. The molecule has 17 heavy (non-hydrogen) atoms. The van der Waals surface area contributed by atoms with Gasteiger partial charge in [0.2, 0.25) is 0 Å². The highest BCUT2D eigenvalue weighted by Gasteiger charge is 2.21. The van der Waals surface area contributed by atoms with E-state index in [2.05, 4.69) is 47.1 Å². The van der Waals surface area contributed by atoms with Crippen molar-refractivity contribution in [2.75, 3.05) is 0 Å². The third-order valence-corrected chi connectivity index (χ3v) is 3.45. The number of halogens is 1. The van der Waals surface area contributed by atoms with Crippen molar-refractivity contribution in [1.82, 2.24) is 0 Å². The lowest BCUT2D eigenvalue weighted by atomic mass is 9.87. The first-order chi connectivity index (χ1) is 8.08. The third kappa shape index (κ3) is 3.18. The first-order valence-electron chi connectivity index (χ1n) is 5.67. The van der Waals surface area contributed by atoms with E-state index in [-0.39, 0.29) is 5.54 Å². The Morgan fingerprint density at radius 1 is 1.00 bits per heavy atom. The van der Waals surface area contributed by atoms with Crippen LogP contribution in [0, 0.1) is 0 Å². The molecule has 0 radical (unpaired) electrons. The Kier molecular flexibility index (Phi) is 3.65. The minimum absolute atomic E-state index is 0.331. The van der Waals surface area contributed by atoms with Crippen LogP contribution in [0.3, 0.4) is 0 Å². The highest BCUT2D eigenvalue weighted by atomic mass is 79.9. The maximum atomic E-state index is 6.40. The van der Waals surface area contributed by atoms with E-state index in [0.29, 0.717) is 0 Å². The summed E-state index contributed by atoms with van der Waals surface area (Å²) in [6, 6.07) is 18.6. The van der Waals surface area contributed by atoms with Gasteiger partial charge in [-0.25, -0.2) is 0 Å². The smallest absolute Gasteiger partial charge is 0.0421 e. The second-order valence-corrected chi connectivity index (χ2v) is 5.50. The van der Waals surface area contributed by atoms with Crippen LogP contribution >= 0.6 is 15.9 Å². The monoisotopic (exact) mass is 289 g/mol. The van der Waals surface area contributed by atoms with Crippen LogP contribution in [0.1, 0.15) is 18.1 Å². The number of hydrogen-bond donors (Lipinski definition) is 1. The summed E-state index contributed by atoms with van der Waals surface area (Å²) in [5.41, 5.74) is 8.49. The molecule has 2 aromatic rings. The van der Waals surface area contributed by atoms with E-state index in [0.717, 1.165) is 16.5 Å². The zero-order valence-electron chi connectivity index (χ0n) is 9.86. The third-order valence-electron chi connectivity index (χ3n) is 2.92. The standard InChI is InChI=1S/C15H16BrN/c1-15(17,11-12-5-3-2-4-6-12)13-7-9-14(16)10-8-13/h2-10H,11,17H2,1H3. The molecule has 0 bridgehead atoms. The summed E-state index contributed by atoms with van der Waals surface area (Å²) in [4.78, 5) is 0. The average molecular weight is 290 g/mol. The van der Waals surface area contributed by atoms with E-state index in [4.69, 9.17) is 5.73 Å². The quantitative estimate of drug-likeness (QED) is 0.912. The summed E-state index contributed by atoms with van der Waals surface area (Å²) >= 11 is 3.44. The van der Waals surface area contributed by atoms with Crippen molar-refractivity contribution >= 4 is 15.9 Å². The molecule has 0 aliphatic carbocycles. The minimum atomic E-state index is -0.331. The van der Waals surface area contributed by atoms with E-state index in [1.54, 1.807) is 0 Å². The van der Waals surface area contributed by atoms with Crippen LogP contribution in [0.25, 0.3) is 0 Å². The lowest BCUT2D eigenvalue weighted by molar-refractivity contribution is 0.491. The molecule has 0 spiro atoms. The van der Waals surface area contributed by atoms with Crippen LogP contribution in [0.2, 0.25) is 0 Å². The lowest BCUT2D eigenvalue weighted by Gasteiger charge is -2.25. The Bertz CT molecular complexity index is 474. The van der Waals surface area contributed by atoms with Crippen LogP contribution in [-0.2, 0) is 12.0 Å². The summed E-state index contributed by atoms with van der Waals surface area (Å²) in [6.45, 7) is 2.07. The second-order valence-electron chi connectivity index (χ2n) is 4.59. The predicted molar refractivity (Wildman–Crippen MR) is 75.8 cm³/mol. The van der Waals surface area contributed by atoms with Crippen molar-refractivity contribution in [1.29, 1.82) is 0 Å². The van der Waals surface area contributed by atoms with Gasteiger partial charge in [0.25, 0.3) is 0 Å². The van der Waals surface area contributed by atoms with E-state index < -0.39 is 0 Å². The zero-order chi connectivity index (χ0) is 12.3. The van der Waals surface area contributed by atoms with Crippen LogP contribution in [0.15, 0.2) is 59.1 Å². The SMILES string of the molecule is CC(N)(Cc1ccccc1)c1ccc(Br)cc1. The first-order valence-corrected chi connectivity index (χ1v) is 6.46. The molecule has 1 atom stereocenters. The maximum absolute atomic E-state index is 6.40. The fraction of sp³-hybridized carbons (Fsp3) is 0.200. The first kappa shape index (κ1) is 12.3. The van der Waals surface area contributed by atoms with Gasteiger partial charge in [0.1, 0.15) is 0 Å². The fourth-order valence-electron chi connectivity index (χ4n) is 1.95. The van der Waals surface area contributed by atoms with Gasteiger partial charge in [0.15, 0.2) is 0 Å². The van der Waals surface area contributed by atoms with Gasteiger partial charge in [0.05, 0.1) is 0 Å². The molecular formula is C15H16BrN. The molecule has 0 aliphatic heterocycles. The van der Waals surface area contributed by atoms with E-state index in [1.807, 2.05) is 30.3 Å². The molecule has 0 saturated heterocycles. The molecular weight excluding hydrogens is 274 g/mol. The van der Waals surface area contributed by atoms with Gasteiger partial charge in [-0.3, -0.25) is 0 Å². The van der Waals surface area contributed by atoms with Gasteiger partial charge in [-0.2, -0.15) is 0 Å². The molecule has 2 aromatic carbocycles. The molecule has 0 amide bonds. The molecule has 0 heterocycles. The average Bonchev–Trinajstić information content (AvgIpc) is 2.30. The number of hydrogen-bond acceptors (Lipinski definition) is 1. The van der Waals surface area contributed by atoms with Gasteiger partial charge in [0, 0.05) is 10.0 Å². The summed E-state index contributed by atoms with van der Waals surface area (Å²) < 4.78 is 1.08. The zero-order valence-corrected chi connectivity index (χ0v) is 11.4. The fourth-order valence-corrected chi connectivity index (χ4v) is 2.22. The van der Waals surface area contributed by atoms with E-state index in [1.165, 1.54) is 5.56 Å². The van der Waals surface area contributed by atoms with Gasteiger partial charge in [-0.05, 0) is 36.6 Å². The molecule has 1 nitrogen and oxygen atoms in total. The molecule has 2 heteroatoms. The molecule has 1 unspecified atom stereocenters. The topological polar surface area (TPSA) is 26.0 Å². The highest BCUT2D eigenvalue weighted by Crippen LogP contribution is 2.24. The van der Waals surface area contributed by atoms with Crippen molar-refractivity contribution < 1.29 is 0 Å². The summed E-state index contributed by atoms with van der Waals surface area (Å²) in [5, 5.41) is 0. The van der Waals surface area contributed by atoms with Crippen molar-refractivity contribution in [3.8, 4) is 0 Å². The molecule has 0 aliphatic rings. The Morgan fingerprint density at radius 2 is 1.59 bits per heavy atom. The maximum Gasteiger partial charge on any atom is 0.0421 e. The lowest BCUT2D eigenvalue weighted by Crippen LogP contribution is -2.35. The van der Waals surface area contributed by atoms with Gasteiger partial charge in [-0.1, -0.05) is 58.4 Å². The largest absolute Gasteiger partial charge is 0.321 e. The normalized spacial score (nSPS) is 14.3. The van der Waals surface area contributed by atoms with Crippen LogP contribution in [0.4, 0.5) is 0 Å². The van der Waals surface area contributed by atoms with Crippen molar-refractivity contribution in [2.45, 2.75) is 18.9 Å². The van der Waals surface area contributed by atoms with Crippen molar-refractivity contribution in [2.24, 2.45) is 5.73 Å². The minimum Gasteiger partial charge on any atom is -0.321 e. The summed E-state index contributed by atoms with van der Waals surface area (Å²) in [5.74, 6) is 0. The van der Waals surface area contributed by atoms with Crippen LogP contribution in [0.5, 0.6) is 0 Å². The molecule has 2 N–H and O–H groups in total. The van der Waals surface area contributed by atoms with Gasteiger partial charge >= 0.3 is 0 Å². The van der Waals surface area contributed by atoms with Crippen LogP contribution in [-0.4, -0.2) is 0 Å². The second kappa shape index (κ2) is 5.03. The molecule has 2 rings (SSSR count). The van der Waals surface area contributed by atoms with Crippen molar-refractivity contribution in [3.05, 3.63) is 70.2 Å². The van der Waals surface area contributed by atoms with E-state index in [9.17, 15) is 0 Å². The Labute approximate surface area is 111 Å². The number of nitrogens with two attached hydrogens (primary N) is 1. The van der Waals surface area contributed by atoms with Crippen molar-refractivity contribution in [3.63, 3.8) is 0 Å². The predicted octanol–water partition coefficient (Wildman–Crippen LogP) is 3.87. The van der Waals surface area contributed by atoms with Gasteiger partial charge < -0.3 is 5.73 Å². The molecule has 0 saturated carbocycles. The molecule has 0 aromatic heterocycles. The van der Waals surface area contributed by atoms with Crippen LogP contribution < -0.4 is 5.73 Å². The highest BCUT2D eigenvalue weighted by molar-refractivity contribution is 9.10.